The predicted octanol–water partition coefficient (Wildman–Crippen LogP) is 6.09. The number of carbonyl (C=O) groups excluding carboxylic acids is 2. The molecule has 0 saturated heterocycles. The van der Waals surface area contributed by atoms with Gasteiger partial charge in [0.1, 0.15) is 12.6 Å². The molecule has 0 spiro atoms. The van der Waals surface area contributed by atoms with E-state index in [1.165, 1.54) is 29.2 Å². The number of aryl methyl sites for hydroxylation is 1. The molecule has 3 rings (SSSR count). The Balaban J connectivity index is 2.05. The molecule has 7 nitrogen and oxygen atoms in total. The lowest BCUT2D eigenvalue weighted by Gasteiger charge is -2.32. The Bertz CT molecular complexity index is 1390. The summed E-state index contributed by atoms with van der Waals surface area (Å²) in [5.74, 6) is -0.987. The number of nitrogens with one attached hydrogen (secondary N) is 1. The molecule has 39 heavy (non-hydrogen) atoms. The van der Waals surface area contributed by atoms with Crippen LogP contribution in [0, 0.1) is 6.92 Å². The van der Waals surface area contributed by atoms with E-state index < -0.39 is 28.5 Å². The van der Waals surface area contributed by atoms with Gasteiger partial charge < -0.3 is 10.2 Å². The van der Waals surface area contributed by atoms with E-state index in [0.29, 0.717) is 39.3 Å². The molecule has 0 bridgehead atoms. The number of sulfonamides is 1. The lowest BCUT2D eigenvalue weighted by Crippen LogP contribution is -2.51. The molecule has 11 heteroatoms. The lowest BCUT2D eigenvalue weighted by atomic mass is 10.1. The van der Waals surface area contributed by atoms with Crippen LogP contribution in [0.15, 0.2) is 71.6 Å². The number of nitrogens with zero attached hydrogens (tertiary/aromatic N) is 2. The van der Waals surface area contributed by atoms with Crippen LogP contribution in [-0.2, 0) is 26.2 Å². The monoisotopic (exact) mass is 609 g/mol. The largest absolute Gasteiger partial charge is 0.354 e. The quantitative estimate of drug-likeness (QED) is 0.285. The van der Waals surface area contributed by atoms with Crippen molar-refractivity contribution in [1.82, 2.24) is 10.2 Å². The lowest BCUT2D eigenvalue weighted by molar-refractivity contribution is -0.139. The van der Waals surface area contributed by atoms with Gasteiger partial charge in [0.25, 0.3) is 10.0 Å². The molecular weight excluding hydrogens is 581 g/mol. The molecule has 0 aliphatic heterocycles. The molecule has 1 N–H and O–H groups in total. The van der Waals surface area contributed by atoms with E-state index >= 15 is 0 Å². The second kappa shape index (κ2) is 13.5. The smallest absolute Gasteiger partial charge is 0.264 e. The van der Waals surface area contributed by atoms with Gasteiger partial charge in [0.15, 0.2) is 0 Å². The zero-order valence-corrected chi connectivity index (χ0v) is 24.9. The topological polar surface area (TPSA) is 86.8 Å². The van der Waals surface area contributed by atoms with Crippen LogP contribution in [0.25, 0.3) is 0 Å². The molecule has 0 radical (unpaired) electrons. The molecule has 0 unspecified atom stereocenters. The zero-order chi connectivity index (χ0) is 28.7. The van der Waals surface area contributed by atoms with Crippen molar-refractivity contribution in [3.63, 3.8) is 0 Å². The number of amides is 2. The molecule has 0 aliphatic carbocycles. The van der Waals surface area contributed by atoms with Gasteiger partial charge in [-0.25, -0.2) is 8.42 Å². The number of anilines is 1. The number of hydrogen-bond acceptors (Lipinski definition) is 4. The van der Waals surface area contributed by atoms with Crippen LogP contribution in [0.5, 0.6) is 0 Å². The number of benzene rings is 3. The molecule has 3 aromatic rings. The van der Waals surface area contributed by atoms with Gasteiger partial charge in [-0.2, -0.15) is 0 Å². The van der Waals surface area contributed by atoms with Crippen LogP contribution >= 0.6 is 34.8 Å². The van der Waals surface area contributed by atoms with Crippen LogP contribution in [0.4, 0.5) is 5.69 Å². The summed E-state index contributed by atoms with van der Waals surface area (Å²) in [5, 5.41) is 3.82. The van der Waals surface area contributed by atoms with Crippen LogP contribution < -0.4 is 9.62 Å². The fraction of sp³-hybridized carbons (Fsp3) is 0.286. The van der Waals surface area contributed by atoms with Crippen molar-refractivity contribution in [3.05, 3.63) is 92.9 Å². The van der Waals surface area contributed by atoms with E-state index in [4.69, 9.17) is 34.8 Å². The highest BCUT2D eigenvalue weighted by atomic mass is 35.5. The van der Waals surface area contributed by atoms with Gasteiger partial charge >= 0.3 is 0 Å². The van der Waals surface area contributed by atoms with Gasteiger partial charge in [-0.15, -0.1) is 0 Å². The number of hydrogen-bond donors (Lipinski definition) is 1. The van der Waals surface area contributed by atoms with Gasteiger partial charge in [-0.1, -0.05) is 65.5 Å². The van der Waals surface area contributed by atoms with Crippen molar-refractivity contribution in [2.75, 3.05) is 17.4 Å². The molecule has 3 aromatic carbocycles. The van der Waals surface area contributed by atoms with E-state index in [0.717, 1.165) is 9.87 Å². The normalized spacial score (nSPS) is 12.1. The first-order chi connectivity index (χ1) is 18.4. The number of rotatable bonds is 11. The van der Waals surface area contributed by atoms with Crippen LogP contribution in [0.1, 0.15) is 31.4 Å². The second-order valence-corrected chi connectivity index (χ2v) is 12.1. The van der Waals surface area contributed by atoms with Gasteiger partial charge in [0.2, 0.25) is 11.8 Å². The van der Waals surface area contributed by atoms with Crippen LogP contribution in [-0.4, -0.2) is 44.3 Å². The Morgan fingerprint density at radius 2 is 1.51 bits per heavy atom. The first-order valence-corrected chi connectivity index (χ1v) is 14.9. The molecule has 0 fully saturated rings. The Hall–Kier alpha value is -2.78. The number of halogens is 3. The van der Waals surface area contributed by atoms with E-state index in [2.05, 4.69) is 5.32 Å². The van der Waals surface area contributed by atoms with Crippen molar-refractivity contribution in [3.8, 4) is 0 Å². The average molecular weight is 611 g/mol. The summed E-state index contributed by atoms with van der Waals surface area (Å²) in [7, 11) is -4.19. The van der Waals surface area contributed by atoms with E-state index in [9.17, 15) is 18.0 Å². The minimum atomic E-state index is -4.19. The Morgan fingerprint density at radius 3 is 2.08 bits per heavy atom. The Morgan fingerprint density at radius 1 is 0.923 bits per heavy atom. The minimum Gasteiger partial charge on any atom is -0.354 e. The molecule has 208 valence electrons. The third-order valence-corrected chi connectivity index (χ3v) is 8.86. The third-order valence-electron chi connectivity index (χ3n) is 6.11. The van der Waals surface area contributed by atoms with Crippen molar-refractivity contribution in [1.29, 1.82) is 0 Å². The molecule has 0 aromatic heterocycles. The SMILES string of the molecule is CCCNC(=O)[C@@H](C)N(Cc1c(Cl)cccc1Cl)C(=O)CN(c1ccc(C)cc1)S(=O)(=O)c1ccc(Cl)cc1. The first kappa shape index (κ1) is 30.8. The maximum Gasteiger partial charge on any atom is 0.264 e. The zero-order valence-electron chi connectivity index (χ0n) is 21.8. The molecule has 0 aliphatic rings. The molecule has 0 heterocycles. The first-order valence-electron chi connectivity index (χ1n) is 12.3. The second-order valence-electron chi connectivity index (χ2n) is 8.99. The highest BCUT2D eigenvalue weighted by molar-refractivity contribution is 7.92. The summed E-state index contributed by atoms with van der Waals surface area (Å²) in [5.41, 5.74) is 1.67. The summed E-state index contributed by atoms with van der Waals surface area (Å²) in [6.07, 6.45) is 0.712. The van der Waals surface area contributed by atoms with E-state index in [1.807, 2.05) is 13.8 Å². The Labute approximate surface area is 244 Å². The molecule has 0 saturated carbocycles. The maximum atomic E-state index is 13.9. The molecular formula is C28H30Cl3N3O4S. The Kier molecular flexibility index (Phi) is 10.7. The van der Waals surface area contributed by atoms with Gasteiger partial charge in [0, 0.05) is 33.7 Å². The van der Waals surface area contributed by atoms with Crippen LogP contribution in [0.2, 0.25) is 15.1 Å². The van der Waals surface area contributed by atoms with Crippen molar-refractivity contribution >= 4 is 62.3 Å². The van der Waals surface area contributed by atoms with Crippen LogP contribution in [0.3, 0.4) is 0 Å². The minimum absolute atomic E-state index is 0.0327. The summed E-state index contributed by atoms with van der Waals surface area (Å²) in [6, 6.07) is 16.5. The third kappa shape index (κ3) is 7.66. The van der Waals surface area contributed by atoms with Crippen molar-refractivity contribution in [2.24, 2.45) is 0 Å². The summed E-state index contributed by atoms with van der Waals surface area (Å²) >= 11 is 18.8. The molecule has 2 amide bonds. The number of carbonyl (C=O) groups is 2. The predicted molar refractivity (Wildman–Crippen MR) is 157 cm³/mol. The van der Waals surface area contributed by atoms with Gasteiger partial charge in [-0.05, 0) is 68.8 Å². The highest BCUT2D eigenvalue weighted by Crippen LogP contribution is 2.28. The fourth-order valence-electron chi connectivity index (χ4n) is 3.81. The summed E-state index contributed by atoms with van der Waals surface area (Å²) < 4.78 is 28.6. The summed E-state index contributed by atoms with van der Waals surface area (Å²) in [6.45, 7) is 5.13. The fourth-order valence-corrected chi connectivity index (χ4v) is 5.86. The van der Waals surface area contributed by atoms with Gasteiger partial charge in [0.05, 0.1) is 10.6 Å². The standard InChI is InChI=1S/C28H30Cl3N3O4S/c1-4-16-32-28(36)20(3)33(17-24-25(30)6-5-7-26(24)31)27(35)18-34(22-12-8-19(2)9-13-22)39(37,38)23-14-10-21(29)11-15-23/h5-15,20H,4,16-18H2,1-3H3,(H,32,36)/t20-/m1/s1. The maximum absolute atomic E-state index is 13.9. The highest BCUT2D eigenvalue weighted by Gasteiger charge is 2.33. The van der Waals surface area contributed by atoms with Crippen molar-refractivity contribution < 1.29 is 18.0 Å². The van der Waals surface area contributed by atoms with E-state index in [1.54, 1.807) is 49.4 Å². The van der Waals surface area contributed by atoms with E-state index in [-0.39, 0.29) is 17.3 Å². The summed E-state index contributed by atoms with van der Waals surface area (Å²) in [4.78, 5) is 28.1. The van der Waals surface area contributed by atoms with Crippen molar-refractivity contribution in [2.45, 2.75) is 44.7 Å². The molecule has 1 atom stereocenters. The average Bonchev–Trinajstić information content (AvgIpc) is 2.90. The van der Waals surface area contributed by atoms with Gasteiger partial charge in [-0.3, -0.25) is 13.9 Å².